The van der Waals surface area contributed by atoms with Crippen molar-refractivity contribution in [2.45, 2.75) is 40.3 Å². The summed E-state index contributed by atoms with van der Waals surface area (Å²) in [7, 11) is 0. The first-order chi connectivity index (χ1) is 13.8. The third-order valence-corrected chi connectivity index (χ3v) is 5.51. The highest BCUT2D eigenvalue weighted by Crippen LogP contribution is 2.23. The van der Waals surface area contributed by atoms with Crippen molar-refractivity contribution >= 4 is 17.5 Å². The normalized spacial score (nSPS) is 11.8. The Morgan fingerprint density at radius 3 is 2.45 bits per heavy atom. The minimum Gasteiger partial charge on any atom is -0.489 e. The predicted octanol–water partition coefficient (Wildman–Crippen LogP) is 6.34. The number of hydrogen-bond acceptors (Lipinski definition) is 2. The molecule has 0 saturated heterocycles. The summed E-state index contributed by atoms with van der Waals surface area (Å²) in [5.41, 5.74) is 6.26. The van der Waals surface area contributed by atoms with Crippen molar-refractivity contribution in [1.29, 1.82) is 0 Å². The van der Waals surface area contributed by atoms with Gasteiger partial charge in [-0.1, -0.05) is 48.0 Å². The number of aryl methyl sites for hydroxylation is 3. The molecule has 0 aliphatic carbocycles. The number of nitrogens with one attached hydrogen (secondary N) is 1. The van der Waals surface area contributed by atoms with Crippen LogP contribution in [0.3, 0.4) is 0 Å². The number of halogens is 1. The van der Waals surface area contributed by atoms with E-state index < -0.39 is 0 Å². The van der Waals surface area contributed by atoms with E-state index in [1.807, 2.05) is 43.3 Å². The summed E-state index contributed by atoms with van der Waals surface area (Å²) < 4.78 is 5.84. The summed E-state index contributed by atoms with van der Waals surface area (Å²) in [6.07, 6.45) is 0. The number of carbonyl (C=O) groups excluding carboxylic acids is 1. The largest absolute Gasteiger partial charge is 0.489 e. The number of ether oxygens (including phenoxy) is 1. The lowest BCUT2D eigenvalue weighted by atomic mass is 9.96. The van der Waals surface area contributed by atoms with Crippen molar-refractivity contribution < 1.29 is 9.53 Å². The van der Waals surface area contributed by atoms with Gasteiger partial charge in [-0.3, -0.25) is 4.79 Å². The van der Waals surface area contributed by atoms with Gasteiger partial charge in [0, 0.05) is 16.1 Å². The fraction of sp³-hybridized carbons (Fsp3) is 0.240. The van der Waals surface area contributed by atoms with Crippen molar-refractivity contribution in [2.75, 3.05) is 0 Å². The van der Waals surface area contributed by atoms with E-state index in [0.29, 0.717) is 22.9 Å². The first-order valence-electron chi connectivity index (χ1n) is 9.70. The highest BCUT2D eigenvalue weighted by atomic mass is 35.5. The summed E-state index contributed by atoms with van der Waals surface area (Å²) in [6.45, 7) is 8.62. The maximum atomic E-state index is 12.8. The number of benzene rings is 3. The average Bonchev–Trinajstić information content (AvgIpc) is 2.70. The molecule has 1 amide bonds. The number of rotatable bonds is 6. The second kappa shape index (κ2) is 9.15. The molecule has 4 heteroatoms. The highest BCUT2D eigenvalue weighted by molar-refractivity contribution is 6.31. The Morgan fingerprint density at radius 1 is 0.966 bits per heavy atom. The number of hydrogen-bond donors (Lipinski definition) is 1. The average molecular weight is 408 g/mol. The summed E-state index contributed by atoms with van der Waals surface area (Å²) in [6, 6.07) is 19.0. The van der Waals surface area contributed by atoms with E-state index in [4.69, 9.17) is 16.3 Å². The minimum absolute atomic E-state index is 0.0884. The minimum atomic E-state index is -0.127. The van der Waals surface area contributed by atoms with E-state index in [1.54, 1.807) is 12.1 Å². The summed E-state index contributed by atoms with van der Waals surface area (Å²) in [4.78, 5) is 12.8. The Bertz CT molecular complexity index is 1030. The van der Waals surface area contributed by atoms with Crippen LogP contribution in [0.1, 0.15) is 51.1 Å². The molecule has 29 heavy (non-hydrogen) atoms. The van der Waals surface area contributed by atoms with E-state index in [0.717, 1.165) is 11.1 Å². The number of amides is 1. The summed E-state index contributed by atoms with van der Waals surface area (Å²) in [5.74, 6) is 0.505. The third kappa shape index (κ3) is 5.18. The zero-order chi connectivity index (χ0) is 21.0. The lowest BCUT2D eigenvalue weighted by Crippen LogP contribution is -2.27. The molecular weight excluding hydrogens is 382 g/mol. The maximum Gasteiger partial charge on any atom is 0.251 e. The second-order valence-electron chi connectivity index (χ2n) is 7.40. The van der Waals surface area contributed by atoms with Gasteiger partial charge in [0.1, 0.15) is 12.4 Å². The molecule has 0 radical (unpaired) electrons. The smallest absolute Gasteiger partial charge is 0.251 e. The maximum absolute atomic E-state index is 12.8. The van der Waals surface area contributed by atoms with Gasteiger partial charge in [-0.05, 0) is 74.2 Å². The quantitative estimate of drug-likeness (QED) is 0.518. The number of carbonyl (C=O) groups is 1. The van der Waals surface area contributed by atoms with Crippen LogP contribution in [0.15, 0.2) is 60.7 Å². The Kier molecular flexibility index (Phi) is 6.60. The van der Waals surface area contributed by atoms with Gasteiger partial charge in [0.25, 0.3) is 5.91 Å². The fourth-order valence-electron chi connectivity index (χ4n) is 3.31. The van der Waals surface area contributed by atoms with Crippen LogP contribution in [0.2, 0.25) is 5.02 Å². The molecule has 3 rings (SSSR count). The third-order valence-electron chi connectivity index (χ3n) is 5.14. The molecule has 0 saturated carbocycles. The highest BCUT2D eigenvalue weighted by Gasteiger charge is 2.15. The molecule has 3 nitrogen and oxygen atoms in total. The molecule has 0 spiro atoms. The van der Waals surface area contributed by atoms with Crippen LogP contribution in [0.4, 0.5) is 0 Å². The van der Waals surface area contributed by atoms with Crippen molar-refractivity contribution in [3.05, 3.63) is 99.1 Å². The van der Waals surface area contributed by atoms with Crippen LogP contribution in [0.25, 0.3) is 0 Å². The van der Waals surface area contributed by atoms with Crippen molar-refractivity contribution in [3.8, 4) is 5.75 Å². The molecule has 1 N–H and O–H groups in total. The Morgan fingerprint density at radius 2 is 1.69 bits per heavy atom. The van der Waals surface area contributed by atoms with E-state index in [-0.39, 0.29) is 11.9 Å². The van der Waals surface area contributed by atoms with Crippen LogP contribution < -0.4 is 10.1 Å². The molecule has 0 aromatic heterocycles. The standard InChI is InChI=1S/C25H26ClNO2/c1-16-12-18(3)23(13-17(16)2)19(4)27-25(28)20-9-7-10-22(14-20)29-15-21-8-5-6-11-24(21)26/h5-14,19H,15H2,1-4H3,(H,27,28)/t19-/m0/s1. The SMILES string of the molecule is Cc1cc(C)c([C@H](C)NC(=O)c2cccc(OCc3ccccc3Cl)c2)cc1C. The zero-order valence-electron chi connectivity index (χ0n) is 17.3. The fourth-order valence-corrected chi connectivity index (χ4v) is 3.50. The molecule has 0 aliphatic rings. The Labute approximate surface area is 177 Å². The molecule has 0 unspecified atom stereocenters. The van der Waals surface area contributed by atoms with Crippen molar-refractivity contribution in [3.63, 3.8) is 0 Å². The molecule has 1 atom stereocenters. The van der Waals surface area contributed by atoms with E-state index in [9.17, 15) is 4.79 Å². The van der Waals surface area contributed by atoms with Gasteiger partial charge >= 0.3 is 0 Å². The van der Waals surface area contributed by atoms with Crippen LogP contribution >= 0.6 is 11.6 Å². The predicted molar refractivity (Wildman–Crippen MR) is 119 cm³/mol. The molecule has 0 bridgehead atoms. The van der Waals surface area contributed by atoms with Crippen molar-refractivity contribution in [2.24, 2.45) is 0 Å². The first-order valence-corrected chi connectivity index (χ1v) is 10.1. The van der Waals surface area contributed by atoms with Crippen LogP contribution in [0, 0.1) is 20.8 Å². The lowest BCUT2D eigenvalue weighted by molar-refractivity contribution is 0.0939. The van der Waals surface area contributed by atoms with Crippen LogP contribution in [0.5, 0.6) is 5.75 Å². The molecule has 0 aliphatic heterocycles. The van der Waals surface area contributed by atoms with Gasteiger partial charge in [0.15, 0.2) is 0 Å². The summed E-state index contributed by atoms with van der Waals surface area (Å²) >= 11 is 6.18. The molecule has 0 fully saturated rings. The van der Waals surface area contributed by atoms with E-state index in [2.05, 4.69) is 38.2 Å². The van der Waals surface area contributed by atoms with Gasteiger partial charge in [0.05, 0.1) is 6.04 Å². The Hall–Kier alpha value is -2.78. The van der Waals surface area contributed by atoms with Gasteiger partial charge in [-0.15, -0.1) is 0 Å². The first kappa shape index (κ1) is 20.9. The second-order valence-corrected chi connectivity index (χ2v) is 7.80. The lowest BCUT2D eigenvalue weighted by Gasteiger charge is -2.19. The van der Waals surface area contributed by atoms with Crippen LogP contribution in [-0.4, -0.2) is 5.91 Å². The molecule has 150 valence electrons. The van der Waals surface area contributed by atoms with Gasteiger partial charge < -0.3 is 10.1 Å². The van der Waals surface area contributed by atoms with Gasteiger partial charge in [0.2, 0.25) is 0 Å². The van der Waals surface area contributed by atoms with E-state index in [1.165, 1.54) is 16.7 Å². The monoisotopic (exact) mass is 407 g/mol. The van der Waals surface area contributed by atoms with Crippen molar-refractivity contribution in [1.82, 2.24) is 5.32 Å². The summed E-state index contributed by atoms with van der Waals surface area (Å²) in [5, 5.41) is 3.76. The topological polar surface area (TPSA) is 38.3 Å². The van der Waals surface area contributed by atoms with Gasteiger partial charge in [-0.25, -0.2) is 0 Å². The van der Waals surface area contributed by atoms with Crippen LogP contribution in [-0.2, 0) is 6.61 Å². The Balaban J connectivity index is 1.69. The van der Waals surface area contributed by atoms with E-state index >= 15 is 0 Å². The molecule has 3 aromatic rings. The molecular formula is C25H26ClNO2. The van der Waals surface area contributed by atoms with Gasteiger partial charge in [-0.2, -0.15) is 0 Å². The molecule has 3 aromatic carbocycles. The zero-order valence-corrected chi connectivity index (χ0v) is 18.0. The molecule has 0 heterocycles.